The predicted molar refractivity (Wildman–Crippen MR) is 438 cm³/mol. The average Bonchev–Trinajstić information content (AvgIpc) is 1.60. The van der Waals surface area contributed by atoms with Crippen LogP contribution in [0, 0.1) is 20.8 Å². The van der Waals surface area contributed by atoms with E-state index in [-0.39, 0.29) is 29.3 Å². The number of anilines is 2. The molecule has 15 rings (SSSR count). The first-order valence-electron chi connectivity index (χ1n) is 37.2. The highest BCUT2D eigenvalue weighted by Crippen LogP contribution is 2.37. The highest BCUT2D eigenvalue weighted by molar-refractivity contribution is 6.04. The van der Waals surface area contributed by atoms with Crippen molar-refractivity contribution in [2.45, 2.75) is 118 Å². The number of carbonyl (C=O) groups excluding carboxylic acids is 4. The molecule has 0 unspecified atom stereocenters. The van der Waals surface area contributed by atoms with E-state index in [0.29, 0.717) is 73.6 Å². The highest BCUT2D eigenvalue weighted by atomic mass is 16.3. The second-order valence-electron chi connectivity index (χ2n) is 29.2. The van der Waals surface area contributed by atoms with Crippen molar-refractivity contribution in [3.8, 4) is 73.4 Å². The van der Waals surface area contributed by atoms with Crippen LogP contribution in [0.2, 0.25) is 0 Å². The lowest BCUT2D eigenvalue weighted by Crippen LogP contribution is -2.35. The van der Waals surface area contributed by atoms with E-state index in [1.54, 1.807) is 64.1 Å². The fourth-order valence-electron chi connectivity index (χ4n) is 13.5. The van der Waals surface area contributed by atoms with Gasteiger partial charge in [-0.1, -0.05) is 178 Å². The van der Waals surface area contributed by atoms with Crippen LogP contribution in [0.25, 0.3) is 56.2 Å². The van der Waals surface area contributed by atoms with E-state index in [4.69, 9.17) is 9.59 Å². The average molecular weight is 1560 g/mol. The monoisotopic (exact) mass is 1560 g/mol. The fraction of sp³-hybridized carbons (Fsp3) is 0.207. The van der Waals surface area contributed by atoms with Gasteiger partial charge >= 0.3 is 6.15 Å². The Kier molecular flexibility index (Phi) is 25.5. The van der Waals surface area contributed by atoms with Gasteiger partial charge in [0.2, 0.25) is 24.5 Å². The number of amides is 2. The number of benzene rings is 9. The standard InChI is InChI=1S/C29H29N7O3.C29H29N7O2.C28H30N6O2.CO2/c1-18-31-26(29(2,3)39)28(30-17-37)36(18)16-20-4-9-22(10-5-20)25-15-21(14-19-6-11-23(38)12-7-19)8-13-24(25)27-32-34-35-33-27;1-18(2)27-29(30-17-37)36(19(3)31-27)16-21-4-9-23(10-5-21)26-15-22(14-20-6-11-24(38)12-7-20)8-13-25(26)28-32-34-35-33-28;1-18-29-26(28(2,3)36)17-34(18)16-20-4-9-22(10-5-20)25-15-21(14-19-6-11-23(35)12-7-19)8-13-24(25)27-30-32-33-31-27;2-1-3/h4-13,15,17,38-39H,14,16H2,1-3H3,(H,30,37)(H,32,33,34,35);4-13,15,17-18,38H,14,16H2,1-3H3,(H,30,37)(H,32,33,34,35);4-13,15,17,32-33,35-36H,14,16H2,1-3H3,(H,30,31);. The zero-order chi connectivity index (χ0) is 82.2. The zero-order valence-corrected chi connectivity index (χ0v) is 65.3. The molecule has 0 spiro atoms. The van der Waals surface area contributed by atoms with Crippen molar-refractivity contribution in [1.29, 1.82) is 0 Å². The van der Waals surface area contributed by atoms with E-state index in [2.05, 4.69) is 192 Å². The van der Waals surface area contributed by atoms with Gasteiger partial charge in [-0.25, -0.2) is 20.5 Å². The van der Waals surface area contributed by atoms with Crippen LogP contribution in [-0.4, -0.2) is 120 Å². The second kappa shape index (κ2) is 36.4. The molecule has 0 bridgehead atoms. The summed E-state index contributed by atoms with van der Waals surface area (Å²) in [6.45, 7) is 18.4. The molecule has 1 aliphatic heterocycles. The normalized spacial score (nSPS) is 11.7. The summed E-state index contributed by atoms with van der Waals surface area (Å²) in [5, 5.41) is 88.8. The summed E-state index contributed by atoms with van der Waals surface area (Å²) in [5.41, 5.74) is 27.1. The molecule has 29 nitrogen and oxygen atoms in total. The van der Waals surface area contributed by atoms with Crippen LogP contribution in [0.3, 0.4) is 0 Å². The van der Waals surface area contributed by atoms with Crippen LogP contribution in [0.1, 0.15) is 138 Å². The number of aryl methyl sites for hydroxylation is 3. The Bertz CT molecular complexity index is 5750. The molecule has 9 aromatic carbocycles. The zero-order valence-electron chi connectivity index (χ0n) is 65.3. The van der Waals surface area contributed by atoms with Crippen molar-refractivity contribution < 1.29 is 44.7 Å². The Hall–Kier alpha value is -14.4. The largest absolute Gasteiger partial charge is 0.508 e. The summed E-state index contributed by atoms with van der Waals surface area (Å²) in [7, 11) is 0. The number of H-pyrrole nitrogens is 2. The van der Waals surface area contributed by atoms with Crippen molar-refractivity contribution in [2.75, 3.05) is 10.6 Å². The lowest BCUT2D eigenvalue weighted by atomic mass is 9.93. The lowest BCUT2D eigenvalue weighted by Gasteiger charge is -2.17. The van der Waals surface area contributed by atoms with Crippen molar-refractivity contribution in [2.24, 2.45) is 5.10 Å². The molecule has 2 amide bonds. The molecule has 29 heteroatoms. The molecule has 590 valence electrons. The quantitative estimate of drug-likeness (QED) is 0.0236. The van der Waals surface area contributed by atoms with Crippen molar-refractivity contribution in [3.63, 3.8) is 0 Å². The number of imidazole rings is 3. The van der Waals surface area contributed by atoms with Gasteiger partial charge in [0, 0.05) is 29.4 Å². The van der Waals surface area contributed by atoms with Crippen LogP contribution in [-0.2, 0) is 69.3 Å². The van der Waals surface area contributed by atoms with E-state index in [0.717, 1.165) is 142 Å². The molecule has 14 aromatic rings. The molecule has 6 heterocycles. The van der Waals surface area contributed by atoms with E-state index >= 15 is 0 Å². The van der Waals surface area contributed by atoms with E-state index < -0.39 is 11.2 Å². The van der Waals surface area contributed by atoms with Gasteiger partial charge in [0.05, 0.1) is 24.5 Å². The minimum absolute atomic E-state index is 0.192. The minimum atomic E-state index is -1.21. The number of amidine groups is 1. The fourth-order valence-corrected chi connectivity index (χ4v) is 13.5. The SMILES string of the molecule is Cc1nc(C(C)(C)O)c(NC=O)n1Cc1ccc(-c2cc(Cc3ccc(O)cc3)ccc2-c2nn[nH]n2)cc1.Cc1nc(C(C)(C)O)cn1Cc1ccc(-c2cc(Cc3ccc(O)cc3)ccc2C2=NNNN2)cc1.Cc1nc(C(C)C)c(NC=O)n1Cc1ccc(-c2cc(Cc3ccc(O)cc3)ccc2-c2nn[nH]n2)cc1.O=C=O. The Balaban J connectivity index is 0.000000158. The Labute approximate surface area is 668 Å². The number of aliphatic hydroxyl groups is 2. The van der Waals surface area contributed by atoms with Crippen molar-refractivity contribution in [1.82, 2.24) is 86.4 Å². The predicted octanol–water partition coefficient (Wildman–Crippen LogP) is 12.4. The minimum Gasteiger partial charge on any atom is -0.508 e. The van der Waals surface area contributed by atoms with Gasteiger partial charge in [-0.15, -0.1) is 31.0 Å². The summed E-state index contributed by atoms with van der Waals surface area (Å²) in [6, 6.07) is 65.4. The third-order valence-corrected chi connectivity index (χ3v) is 19.4. The van der Waals surface area contributed by atoms with E-state index in [1.165, 1.54) is 0 Å². The molecule has 12 N–H and O–H groups in total. The number of aromatic amines is 2. The molecule has 0 saturated heterocycles. The number of hydrazine groups is 2. The van der Waals surface area contributed by atoms with Gasteiger partial charge in [0.25, 0.3) is 0 Å². The summed E-state index contributed by atoms with van der Waals surface area (Å²) < 4.78 is 5.96. The van der Waals surface area contributed by atoms with Crippen LogP contribution < -0.4 is 27.1 Å². The number of rotatable bonds is 25. The maximum absolute atomic E-state index is 11.3. The van der Waals surface area contributed by atoms with E-state index in [1.807, 2.05) is 115 Å². The van der Waals surface area contributed by atoms with Gasteiger partial charge in [0.1, 0.15) is 63.3 Å². The molecule has 5 aromatic heterocycles. The number of nitrogens with zero attached hydrogens (tertiary/aromatic N) is 13. The highest BCUT2D eigenvalue weighted by Gasteiger charge is 2.28. The number of phenols is 3. The molecule has 0 fully saturated rings. The van der Waals surface area contributed by atoms with Crippen LogP contribution in [0.4, 0.5) is 11.6 Å². The maximum atomic E-state index is 11.3. The maximum Gasteiger partial charge on any atom is 0.373 e. The molecule has 116 heavy (non-hydrogen) atoms. The Morgan fingerprint density at radius 1 is 0.457 bits per heavy atom. The van der Waals surface area contributed by atoms with Gasteiger partial charge in [0.15, 0.2) is 5.84 Å². The number of carbonyl (C=O) groups is 2. The lowest BCUT2D eigenvalue weighted by molar-refractivity contribution is -0.191. The molecular formula is C87H88N20O9. The smallest absolute Gasteiger partial charge is 0.373 e. The summed E-state index contributed by atoms with van der Waals surface area (Å²) in [6.07, 6.45) is 5.64. The van der Waals surface area contributed by atoms with Gasteiger partial charge in [-0.3, -0.25) is 15.0 Å². The number of tetrazole rings is 2. The number of aromatic nitrogens is 14. The Morgan fingerprint density at radius 2 is 0.836 bits per heavy atom. The van der Waals surface area contributed by atoms with Crippen LogP contribution >= 0.6 is 0 Å². The number of hydrogen-bond donors (Lipinski definition) is 12. The number of aromatic hydroxyl groups is 3. The summed E-state index contributed by atoms with van der Waals surface area (Å²) in [4.78, 5) is 52.5. The molecule has 0 aliphatic carbocycles. The second-order valence-corrected chi connectivity index (χ2v) is 29.2. The molecule has 0 atom stereocenters. The topological polar surface area (TPSA) is 404 Å². The van der Waals surface area contributed by atoms with Gasteiger partial charge < -0.3 is 49.9 Å². The molecule has 1 aliphatic rings. The first kappa shape index (κ1) is 81.1. The van der Waals surface area contributed by atoms with Gasteiger partial charge in [-0.2, -0.15) is 20.0 Å². The van der Waals surface area contributed by atoms with Crippen molar-refractivity contribution >= 4 is 36.4 Å². The number of nitrogens with one attached hydrogen (secondary N) is 7. The summed E-state index contributed by atoms with van der Waals surface area (Å²) >= 11 is 0. The number of hydrazone groups is 1. The third kappa shape index (κ3) is 20.1. The van der Waals surface area contributed by atoms with Crippen molar-refractivity contribution in [3.05, 3.63) is 297 Å². The molecular weight excluding hydrogens is 1470 g/mol. The first-order valence-corrected chi connectivity index (χ1v) is 37.2. The first-order chi connectivity index (χ1) is 55.8. The van der Waals surface area contributed by atoms with Crippen LogP contribution in [0.15, 0.2) is 211 Å². The van der Waals surface area contributed by atoms with Crippen LogP contribution in [0.5, 0.6) is 17.2 Å². The molecule has 0 saturated carbocycles. The van der Waals surface area contributed by atoms with E-state index in [9.17, 15) is 35.1 Å². The third-order valence-electron chi connectivity index (χ3n) is 19.4. The Morgan fingerprint density at radius 3 is 1.21 bits per heavy atom. The van der Waals surface area contributed by atoms with Gasteiger partial charge in [-0.05, 0) is 204 Å². The number of phenolic OH excluding ortho intramolecular Hbond substituents is 3. The molecule has 0 radical (unpaired) electrons. The number of hydrogen-bond acceptors (Lipinski definition) is 22. The summed E-state index contributed by atoms with van der Waals surface area (Å²) in [5.74, 6) is 6.31.